The number of carbonyl (C=O) groups is 3. The molecule has 0 aromatic heterocycles. The first-order valence-electron chi connectivity index (χ1n) is 10.5. The van der Waals surface area contributed by atoms with Crippen molar-refractivity contribution in [2.24, 2.45) is 0 Å². The van der Waals surface area contributed by atoms with E-state index in [9.17, 15) is 22.8 Å². The lowest BCUT2D eigenvalue weighted by Crippen LogP contribution is -2.30. The summed E-state index contributed by atoms with van der Waals surface area (Å²) in [4.78, 5) is 38.4. The molecule has 1 fully saturated rings. The van der Waals surface area contributed by atoms with Crippen LogP contribution in [0.25, 0.3) is 0 Å². The highest BCUT2D eigenvalue weighted by molar-refractivity contribution is 7.92. The van der Waals surface area contributed by atoms with E-state index in [4.69, 9.17) is 4.74 Å². The number of rotatable bonds is 7. The Bertz CT molecular complexity index is 1170. The van der Waals surface area contributed by atoms with Gasteiger partial charge < -0.3 is 9.64 Å². The Balaban J connectivity index is 1.38. The number of ether oxygens (including phenoxy) is 1. The van der Waals surface area contributed by atoms with Crippen LogP contribution in [0.15, 0.2) is 42.5 Å². The van der Waals surface area contributed by atoms with Gasteiger partial charge in [-0.3, -0.25) is 13.9 Å². The third kappa shape index (κ3) is 4.25. The maximum atomic E-state index is 12.5. The van der Waals surface area contributed by atoms with Crippen LogP contribution in [0.4, 0.5) is 11.4 Å². The minimum absolute atomic E-state index is 0.0123. The molecular weight excluding hydrogens is 432 g/mol. The van der Waals surface area contributed by atoms with Gasteiger partial charge in [-0.1, -0.05) is 0 Å². The maximum absolute atomic E-state index is 12.5. The highest BCUT2D eigenvalue weighted by atomic mass is 32.2. The second kappa shape index (κ2) is 8.74. The molecule has 2 aromatic carbocycles. The minimum atomic E-state index is -3.35. The summed E-state index contributed by atoms with van der Waals surface area (Å²) < 4.78 is 30.9. The topological polar surface area (TPSA) is 101 Å². The quantitative estimate of drug-likeness (QED) is 0.469. The number of Topliss-reactive ketones (excluding diaryl/α,β-unsaturated/α-hetero) is 1. The number of anilines is 2. The largest absolute Gasteiger partial charge is 0.454 e. The summed E-state index contributed by atoms with van der Waals surface area (Å²) in [5.74, 6) is -0.912. The van der Waals surface area contributed by atoms with E-state index in [1.165, 1.54) is 4.31 Å². The van der Waals surface area contributed by atoms with Crippen LogP contribution in [0.5, 0.6) is 0 Å². The summed E-state index contributed by atoms with van der Waals surface area (Å²) in [6.45, 7) is 2.21. The second-order valence-electron chi connectivity index (χ2n) is 7.76. The predicted molar refractivity (Wildman–Crippen MR) is 120 cm³/mol. The Kier molecular flexibility index (Phi) is 6.01. The molecule has 1 amide bonds. The molecule has 0 saturated carbocycles. The van der Waals surface area contributed by atoms with Crippen LogP contribution in [0.2, 0.25) is 0 Å². The third-order valence-electron chi connectivity index (χ3n) is 5.78. The smallest absolute Gasteiger partial charge is 0.338 e. The molecule has 0 radical (unpaired) electrons. The molecule has 2 aliphatic rings. The van der Waals surface area contributed by atoms with Gasteiger partial charge in [-0.25, -0.2) is 13.2 Å². The van der Waals surface area contributed by atoms with Crippen molar-refractivity contribution >= 4 is 39.1 Å². The van der Waals surface area contributed by atoms with Gasteiger partial charge in [0.05, 0.1) is 17.0 Å². The maximum Gasteiger partial charge on any atom is 0.338 e. The summed E-state index contributed by atoms with van der Waals surface area (Å²) in [7, 11) is -3.35. The molecule has 4 rings (SSSR count). The van der Waals surface area contributed by atoms with Gasteiger partial charge in [0, 0.05) is 30.8 Å². The normalized spacial score (nSPS) is 15.7. The summed E-state index contributed by atoms with van der Waals surface area (Å²) >= 11 is 0. The van der Waals surface area contributed by atoms with E-state index >= 15 is 0 Å². The van der Waals surface area contributed by atoms with E-state index in [0.29, 0.717) is 42.7 Å². The number of benzene rings is 2. The zero-order chi connectivity index (χ0) is 22.9. The highest BCUT2D eigenvalue weighted by Crippen LogP contribution is 2.31. The molecule has 168 valence electrons. The van der Waals surface area contributed by atoms with Crippen LogP contribution in [0, 0.1) is 0 Å². The zero-order valence-electron chi connectivity index (χ0n) is 17.7. The van der Waals surface area contributed by atoms with Crippen LogP contribution >= 0.6 is 0 Å². The van der Waals surface area contributed by atoms with E-state index in [2.05, 4.69) is 0 Å². The number of sulfonamides is 1. The Morgan fingerprint density at radius 2 is 1.72 bits per heavy atom. The van der Waals surface area contributed by atoms with Crippen molar-refractivity contribution in [1.82, 2.24) is 0 Å². The molecule has 2 aromatic rings. The van der Waals surface area contributed by atoms with Gasteiger partial charge in [0.25, 0.3) is 0 Å². The van der Waals surface area contributed by atoms with Crippen molar-refractivity contribution in [1.29, 1.82) is 0 Å². The number of hydrogen-bond donors (Lipinski definition) is 0. The van der Waals surface area contributed by atoms with Crippen molar-refractivity contribution in [3.63, 3.8) is 0 Å². The summed E-state index contributed by atoms with van der Waals surface area (Å²) in [6, 6.07) is 11.4. The molecule has 1 saturated heterocycles. The van der Waals surface area contributed by atoms with Gasteiger partial charge >= 0.3 is 5.97 Å². The average molecular weight is 457 g/mol. The van der Waals surface area contributed by atoms with E-state index in [0.717, 1.165) is 17.7 Å². The number of ketones is 1. The van der Waals surface area contributed by atoms with E-state index in [-0.39, 0.29) is 17.4 Å². The molecule has 0 spiro atoms. The van der Waals surface area contributed by atoms with Crippen LogP contribution in [0.3, 0.4) is 0 Å². The van der Waals surface area contributed by atoms with E-state index < -0.39 is 22.6 Å². The molecule has 8 nitrogen and oxygen atoms in total. The van der Waals surface area contributed by atoms with E-state index in [1.54, 1.807) is 54.3 Å². The summed E-state index contributed by atoms with van der Waals surface area (Å²) in [5, 5.41) is 0. The fraction of sp³-hybridized carbons (Fsp3) is 0.348. The second-order valence-corrected chi connectivity index (χ2v) is 9.94. The molecule has 0 bridgehead atoms. The van der Waals surface area contributed by atoms with Gasteiger partial charge in [0.1, 0.15) is 0 Å². The van der Waals surface area contributed by atoms with Gasteiger partial charge in [-0.05, 0) is 67.8 Å². The number of esters is 1. The minimum Gasteiger partial charge on any atom is -0.454 e. The molecule has 0 N–H and O–H groups in total. The molecule has 32 heavy (non-hydrogen) atoms. The zero-order valence-corrected chi connectivity index (χ0v) is 18.6. The lowest BCUT2D eigenvalue weighted by atomic mass is 10.1. The van der Waals surface area contributed by atoms with Crippen molar-refractivity contribution in [3.05, 3.63) is 59.2 Å². The van der Waals surface area contributed by atoms with Crippen molar-refractivity contribution in [3.8, 4) is 0 Å². The highest BCUT2D eigenvalue weighted by Gasteiger charge is 2.28. The number of amides is 1. The fourth-order valence-electron chi connectivity index (χ4n) is 3.99. The molecular formula is C23H24N2O6S. The van der Waals surface area contributed by atoms with Gasteiger partial charge in [-0.15, -0.1) is 0 Å². The fourth-order valence-corrected chi connectivity index (χ4v) is 5.15. The standard InChI is InChI=1S/C23H24N2O6S/c1-2-32(29,30)25-13-11-17-14-18(7-10-20(17)25)21(26)15-31-23(28)16-5-8-19(9-6-16)24-12-3-4-22(24)27/h5-10,14H,2-4,11-13,15H2,1H3. The van der Waals surface area contributed by atoms with Crippen molar-refractivity contribution in [2.45, 2.75) is 26.2 Å². The Morgan fingerprint density at radius 1 is 1.00 bits per heavy atom. The first kappa shape index (κ1) is 22.0. The molecule has 2 aliphatic heterocycles. The summed E-state index contributed by atoms with van der Waals surface area (Å²) in [5.41, 5.74) is 2.78. The predicted octanol–water partition coefficient (Wildman–Crippen LogP) is 2.57. The summed E-state index contributed by atoms with van der Waals surface area (Å²) in [6.07, 6.45) is 1.88. The van der Waals surface area contributed by atoms with E-state index in [1.807, 2.05) is 0 Å². The van der Waals surface area contributed by atoms with Crippen LogP contribution < -0.4 is 9.21 Å². The van der Waals surface area contributed by atoms with Gasteiger partial charge in [0.2, 0.25) is 15.9 Å². The molecule has 9 heteroatoms. The number of hydrogen-bond acceptors (Lipinski definition) is 6. The molecule has 0 unspecified atom stereocenters. The van der Waals surface area contributed by atoms with Gasteiger partial charge in [-0.2, -0.15) is 0 Å². The van der Waals surface area contributed by atoms with Crippen LogP contribution in [-0.2, 0) is 26.0 Å². The van der Waals surface area contributed by atoms with Crippen molar-refractivity contribution in [2.75, 3.05) is 34.7 Å². The average Bonchev–Trinajstić information content (AvgIpc) is 3.43. The molecule has 0 aliphatic carbocycles. The Labute approximate surface area is 186 Å². The number of fused-ring (bicyclic) bond motifs is 1. The van der Waals surface area contributed by atoms with Gasteiger partial charge in [0.15, 0.2) is 12.4 Å². The SMILES string of the molecule is CCS(=O)(=O)N1CCc2cc(C(=O)COC(=O)c3ccc(N4CCCC4=O)cc3)ccc21. The third-order valence-corrected chi connectivity index (χ3v) is 7.56. The number of nitrogens with zero attached hydrogens (tertiary/aromatic N) is 2. The first-order chi connectivity index (χ1) is 15.3. The van der Waals surface area contributed by atoms with Crippen LogP contribution in [-0.4, -0.2) is 51.5 Å². The Morgan fingerprint density at radius 3 is 2.38 bits per heavy atom. The number of carbonyl (C=O) groups excluding carboxylic acids is 3. The van der Waals surface area contributed by atoms with Crippen LogP contribution in [0.1, 0.15) is 46.0 Å². The monoisotopic (exact) mass is 456 g/mol. The molecule has 0 atom stereocenters. The lowest BCUT2D eigenvalue weighted by Gasteiger charge is -2.18. The lowest BCUT2D eigenvalue weighted by molar-refractivity contribution is -0.117. The van der Waals surface area contributed by atoms with Crippen molar-refractivity contribution < 1.29 is 27.5 Å². The first-order valence-corrected chi connectivity index (χ1v) is 12.1. The molecule has 2 heterocycles. The Hall–Kier alpha value is -3.20.